The summed E-state index contributed by atoms with van der Waals surface area (Å²) in [5.41, 5.74) is 1.31. The Morgan fingerprint density at radius 3 is 2.28 bits per heavy atom. The van der Waals surface area contributed by atoms with Gasteiger partial charge in [-0.1, -0.05) is 51.8 Å². The Morgan fingerprint density at radius 2 is 1.72 bits per heavy atom. The topological polar surface area (TPSA) is 12.0 Å². The Kier molecular flexibility index (Phi) is 6.89. The second-order valence-corrected chi connectivity index (χ2v) is 7.20. The van der Waals surface area contributed by atoms with Crippen molar-refractivity contribution < 1.29 is 0 Å². The van der Waals surface area contributed by atoms with Crippen LogP contribution in [0.3, 0.4) is 0 Å². The van der Waals surface area contributed by atoms with Gasteiger partial charge in [-0.3, -0.25) is 0 Å². The lowest BCUT2D eigenvalue weighted by atomic mass is 10.0. The lowest BCUT2D eigenvalue weighted by Crippen LogP contribution is -2.29. The predicted molar refractivity (Wildman–Crippen MR) is 86.9 cm³/mol. The summed E-state index contributed by atoms with van der Waals surface area (Å²) >= 11 is 7.12. The van der Waals surface area contributed by atoms with Gasteiger partial charge in [0.05, 0.1) is 0 Å². The molecule has 0 fully saturated rings. The molecule has 0 radical (unpaired) electrons. The zero-order valence-corrected chi connectivity index (χ0v) is 14.8. The SMILES string of the molecule is CC(C)CCC(C)NC(C)c1ccc(Br)cc1Br. The molecule has 18 heavy (non-hydrogen) atoms. The normalized spacial score (nSPS) is 14.8. The highest BCUT2D eigenvalue weighted by molar-refractivity contribution is 9.11. The first-order chi connectivity index (χ1) is 8.40. The van der Waals surface area contributed by atoms with Gasteiger partial charge in [0, 0.05) is 21.0 Å². The predicted octanol–water partition coefficient (Wildman–Crippen LogP) is 5.69. The van der Waals surface area contributed by atoms with Gasteiger partial charge in [0.1, 0.15) is 0 Å². The highest BCUT2D eigenvalue weighted by atomic mass is 79.9. The fourth-order valence-corrected chi connectivity index (χ4v) is 3.43. The molecule has 0 saturated heterocycles. The first kappa shape index (κ1) is 16.2. The fraction of sp³-hybridized carbons (Fsp3) is 0.600. The van der Waals surface area contributed by atoms with Gasteiger partial charge >= 0.3 is 0 Å². The summed E-state index contributed by atoms with van der Waals surface area (Å²) in [5.74, 6) is 0.781. The van der Waals surface area contributed by atoms with Gasteiger partial charge in [0.25, 0.3) is 0 Å². The van der Waals surface area contributed by atoms with Crippen molar-refractivity contribution in [3.63, 3.8) is 0 Å². The van der Waals surface area contributed by atoms with Crippen LogP contribution >= 0.6 is 31.9 Å². The largest absolute Gasteiger partial charge is 0.308 e. The maximum absolute atomic E-state index is 3.67. The van der Waals surface area contributed by atoms with Crippen molar-refractivity contribution in [2.75, 3.05) is 0 Å². The molecule has 1 aromatic carbocycles. The maximum atomic E-state index is 3.67. The minimum atomic E-state index is 0.370. The summed E-state index contributed by atoms with van der Waals surface area (Å²) in [7, 11) is 0. The van der Waals surface area contributed by atoms with Gasteiger partial charge in [-0.05, 0) is 50.3 Å². The minimum absolute atomic E-state index is 0.370. The van der Waals surface area contributed by atoms with E-state index >= 15 is 0 Å². The lowest BCUT2D eigenvalue weighted by Gasteiger charge is -2.22. The first-order valence-electron chi connectivity index (χ1n) is 6.61. The zero-order chi connectivity index (χ0) is 13.7. The van der Waals surface area contributed by atoms with E-state index in [-0.39, 0.29) is 0 Å². The molecule has 1 nitrogen and oxygen atoms in total. The van der Waals surface area contributed by atoms with E-state index in [1.807, 2.05) is 0 Å². The summed E-state index contributed by atoms with van der Waals surface area (Å²) in [6, 6.07) is 7.29. The summed E-state index contributed by atoms with van der Waals surface area (Å²) in [4.78, 5) is 0. The smallest absolute Gasteiger partial charge is 0.0305 e. The van der Waals surface area contributed by atoms with Crippen LogP contribution in [0.2, 0.25) is 0 Å². The molecule has 0 saturated carbocycles. The Morgan fingerprint density at radius 1 is 1.06 bits per heavy atom. The van der Waals surface area contributed by atoms with Crippen LogP contribution in [0.1, 0.15) is 52.1 Å². The number of nitrogens with one attached hydrogen (secondary N) is 1. The van der Waals surface area contributed by atoms with Gasteiger partial charge in [-0.15, -0.1) is 0 Å². The Hall–Kier alpha value is 0.140. The number of halogens is 2. The van der Waals surface area contributed by atoms with Crippen LogP contribution in [0.25, 0.3) is 0 Å². The molecule has 1 aromatic rings. The Labute approximate surface area is 128 Å². The van der Waals surface area contributed by atoms with Gasteiger partial charge in [-0.25, -0.2) is 0 Å². The van der Waals surface area contributed by atoms with E-state index in [9.17, 15) is 0 Å². The average molecular weight is 377 g/mol. The molecular weight excluding hydrogens is 354 g/mol. The number of rotatable bonds is 6. The molecule has 0 bridgehead atoms. The van der Waals surface area contributed by atoms with Gasteiger partial charge in [0.15, 0.2) is 0 Å². The van der Waals surface area contributed by atoms with Crippen LogP contribution in [-0.4, -0.2) is 6.04 Å². The summed E-state index contributed by atoms with van der Waals surface area (Å²) in [5, 5.41) is 3.67. The second kappa shape index (κ2) is 7.66. The third-order valence-electron chi connectivity index (χ3n) is 3.14. The molecule has 0 aromatic heterocycles. The molecular formula is C15H23Br2N. The molecule has 0 amide bonds. The van der Waals surface area contributed by atoms with Gasteiger partial charge < -0.3 is 5.32 Å². The maximum Gasteiger partial charge on any atom is 0.0305 e. The highest BCUT2D eigenvalue weighted by Crippen LogP contribution is 2.27. The number of hydrogen-bond donors (Lipinski definition) is 1. The third kappa shape index (κ3) is 5.41. The van der Waals surface area contributed by atoms with Crippen molar-refractivity contribution in [3.05, 3.63) is 32.7 Å². The van der Waals surface area contributed by atoms with Crippen molar-refractivity contribution in [2.45, 2.75) is 52.6 Å². The average Bonchev–Trinajstić information content (AvgIpc) is 2.26. The van der Waals surface area contributed by atoms with Crippen molar-refractivity contribution in [3.8, 4) is 0 Å². The Balaban J connectivity index is 2.56. The van der Waals surface area contributed by atoms with E-state index < -0.39 is 0 Å². The van der Waals surface area contributed by atoms with Crippen LogP contribution in [0.4, 0.5) is 0 Å². The van der Waals surface area contributed by atoms with E-state index in [1.165, 1.54) is 18.4 Å². The van der Waals surface area contributed by atoms with Gasteiger partial charge in [0.2, 0.25) is 0 Å². The number of hydrogen-bond acceptors (Lipinski definition) is 1. The summed E-state index contributed by atoms with van der Waals surface area (Å²) < 4.78 is 2.27. The zero-order valence-electron chi connectivity index (χ0n) is 11.6. The van der Waals surface area contributed by atoms with E-state index in [4.69, 9.17) is 0 Å². The van der Waals surface area contributed by atoms with E-state index in [0.29, 0.717) is 12.1 Å². The lowest BCUT2D eigenvalue weighted by molar-refractivity contribution is 0.416. The summed E-state index contributed by atoms with van der Waals surface area (Å²) in [6.07, 6.45) is 2.51. The van der Waals surface area contributed by atoms with Crippen molar-refractivity contribution >= 4 is 31.9 Å². The molecule has 0 aliphatic carbocycles. The van der Waals surface area contributed by atoms with Gasteiger partial charge in [-0.2, -0.15) is 0 Å². The first-order valence-corrected chi connectivity index (χ1v) is 8.19. The molecule has 0 heterocycles. The van der Waals surface area contributed by atoms with E-state index in [0.717, 1.165) is 14.9 Å². The molecule has 0 spiro atoms. The number of benzene rings is 1. The van der Waals surface area contributed by atoms with Crippen molar-refractivity contribution in [1.82, 2.24) is 5.32 Å². The molecule has 102 valence electrons. The van der Waals surface area contributed by atoms with Crippen molar-refractivity contribution in [1.29, 1.82) is 0 Å². The van der Waals surface area contributed by atoms with Crippen LogP contribution in [0.15, 0.2) is 27.1 Å². The van der Waals surface area contributed by atoms with E-state index in [2.05, 4.69) is 83.1 Å². The molecule has 2 atom stereocenters. The van der Waals surface area contributed by atoms with Crippen LogP contribution in [0, 0.1) is 5.92 Å². The van der Waals surface area contributed by atoms with Crippen LogP contribution < -0.4 is 5.32 Å². The standard InChI is InChI=1S/C15H23Br2N/c1-10(2)5-6-11(3)18-12(4)14-8-7-13(16)9-15(14)17/h7-12,18H,5-6H2,1-4H3. The third-order valence-corrected chi connectivity index (χ3v) is 4.32. The van der Waals surface area contributed by atoms with Crippen molar-refractivity contribution in [2.24, 2.45) is 5.92 Å². The van der Waals surface area contributed by atoms with Crippen LogP contribution in [-0.2, 0) is 0 Å². The molecule has 3 heteroatoms. The fourth-order valence-electron chi connectivity index (χ4n) is 2.04. The molecule has 2 unspecified atom stereocenters. The minimum Gasteiger partial charge on any atom is -0.308 e. The second-order valence-electron chi connectivity index (χ2n) is 5.43. The molecule has 0 aliphatic rings. The summed E-state index contributed by atoms with van der Waals surface area (Å²) in [6.45, 7) is 9.05. The Bertz CT molecular complexity index is 377. The highest BCUT2D eigenvalue weighted by Gasteiger charge is 2.12. The molecule has 1 N–H and O–H groups in total. The van der Waals surface area contributed by atoms with E-state index in [1.54, 1.807) is 0 Å². The monoisotopic (exact) mass is 375 g/mol. The van der Waals surface area contributed by atoms with Crippen LogP contribution in [0.5, 0.6) is 0 Å². The quantitative estimate of drug-likeness (QED) is 0.672. The molecule has 1 rings (SSSR count). The molecule has 0 aliphatic heterocycles.